The minimum absolute atomic E-state index is 0.188. The number of anilines is 3. The van der Waals surface area contributed by atoms with Crippen LogP contribution in [-0.4, -0.2) is 72.0 Å². The Morgan fingerprint density at radius 1 is 1.14 bits per heavy atom. The van der Waals surface area contributed by atoms with Crippen molar-refractivity contribution in [2.75, 3.05) is 44.3 Å². The van der Waals surface area contributed by atoms with Crippen LogP contribution in [0.25, 0.3) is 10.9 Å². The number of nitrogens with one attached hydrogen (secondary N) is 2. The summed E-state index contributed by atoms with van der Waals surface area (Å²) in [5.74, 6) is 0.699. The van der Waals surface area contributed by atoms with E-state index >= 15 is 0 Å². The van der Waals surface area contributed by atoms with Gasteiger partial charge in [0.1, 0.15) is 11.6 Å². The fourth-order valence-electron chi connectivity index (χ4n) is 4.86. The Kier molecular flexibility index (Phi) is 10.5. The van der Waals surface area contributed by atoms with Crippen molar-refractivity contribution >= 4 is 40.4 Å². The van der Waals surface area contributed by atoms with Crippen molar-refractivity contribution in [2.24, 2.45) is 7.05 Å². The van der Waals surface area contributed by atoms with Crippen LogP contribution in [0.4, 0.5) is 21.6 Å². The van der Waals surface area contributed by atoms with Gasteiger partial charge < -0.3 is 29.9 Å². The molecule has 10 nitrogen and oxygen atoms in total. The number of aliphatic hydroxyl groups excluding tert-OH is 1. The van der Waals surface area contributed by atoms with Gasteiger partial charge in [-0.15, -0.1) is 0 Å². The van der Waals surface area contributed by atoms with Gasteiger partial charge in [-0.3, -0.25) is 14.5 Å². The minimum atomic E-state index is -0.890. The molecule has 1 saturated heterocycles. The van der Waals surface area contributed by atoms with E-state index in [4.69, 9.17) is 9.53 Å². The highest BCUT2D eigenvalue weighted by atomic mass is 19.1. The zero-order chi connectivity index (χ0) is 30.1. The molecule has 3 heterocycles. The van der Waals surface area contributed by atoms with Crippen molar-refractivity contribution in [3.05, 3.63) is 78.1 Å². The number of aromatic nitrogens is 2. The summed E-state index contributed by atoms with van der Waals surface area (Å²) in [6, 6.07) is 17.2. The number of carbonyl (C=O) groups is 2. The van der Waals surface area contributed by atoms with Crippen molar-refractivity contribution in [1.29, 1.82) is 0 Å². The molecule has 0 bridgehead atoms. The maximum Gasteiger partial charge on any atom is 0.256 e. The number of amides is 2. The number of halogens is 1. The number of benzene rings is 2. The van der Waals surface area contributed by atoms with Gasteiger partial charge in [-0.05, 0) is 54.8 Å². The van der Waals surface area contributed by atoms with E-state index in [0.29, 0.717) is 23.5 Å². The molecule has 1 fully saturated rings. The number of hydrogen-bond donors (Lipinski definition) is 3. The van der Waals surface area contributed by atoms with E-state index in [-0.39, 0.29) is 12.0 Å². The predicted octanol–water partition coefficient (Wildman–Crippen LogP) is 4.22. The van der Waals surface area contributed by atoms with Gasteiger partial charge in [0.2, 0.25) is 13.3 Å². The standard InChI is InChI=1S/C29H32FN5O3.C2H5NO/c1-33-18-27(38-19-30)25-15-22(7-8-26(25)33)34(2)23-9-12-31-28(16-23)32-29(37)21-5-3-20(4-6-21)17-35-13-10-24(36)11-14-35;1-3-2-4/h3-9,12,15-16,18,24,36H,10-11,13-14,17,19H2,1-2H3,(H,31,32,37);2H,1H3,(H,3,4). The van der Waals surface area contributed by atoms with Crippen LogP contribution >= 0.6 is 0 Å². The maximum absolute atomic E-state index is 12.9. The fourth-order valence-corrected chi connectivity index (χ4v) is 4.86. The number of aryl methyl sites for hydroxylation is 1. The smallest absolute Gasteiger partial charge is 0.256 e. The van der Waals surface area contributed by atoms with Crippen LogP contribution in [0.1, 0.15) is 28.8 Å². The number of pyridine rings is 1. The second-order valence-electron chi connectivity index (χ2n) is 10.1. The van der Waals surface area contributed by atoms with Crippen molar-refractivity contribution in [3.63, 3.8) is 0 Å². The summed E-state index contributed by atoms with van der Waals surface area (Å²) in [5.41, 5.74) is 4.35. The van der Waals surface area contributed by atoms with E-state index in [1.54, 1.807) is 19.4 Å². The van der Waals surface area contributed by atoms with Gasteiger partial charge in [0.15, 0.2) is 0 Å². The number of hydrogen-bond acceptors (Lipinski definition) is 7. The van der Waals surface area contributed by atoms with Gasteiger partial charge in [0, 0.05) is 81.6 Å². The lowest BCUT2D eigenvalue weighted by Gasteiger charge is -2.29. The maximum atomic E-state index is 12.9. The molecule has 1 aliphatic rings. The third-order valence-corrected chi connectivity index (χ3v) is 7.20. The molecule has 0 spiro atoms. The summed E-state index contributed by atoms with van der Waals surface area (Å²) in [6.45, 7) is 1.68. The zero-order valence-corrected chi connectivity index (χ0v) is 24.1. The molecular formula is C31H37FN6O4. The number of aliphatic hydroxyl groups is 1. The van der Waals surface area contributed by atoms with Crippen molar-refractivity contribution in [2.45, 2.75) is 25.5 Å². The molecule has 4 aromatic rings. The van der Waals surface area contributed by atoms with Crippen LogP contribution < -0.4 is 20.3 Å². The Hall–Kier alpha value is -4.48. The first kappa shape index (κ1) is 30.5. The average Bonchev–Trinajstić information content (AvgIpc) is 3.32. The van der Waals surface area contributed by atoms with Gasteiger partial charge in [-0.25, -0.2) is 9.37 Å². The van der Waals surface area contributed by atoms with E-state index in [1.165, 1.54) is 0 Å². The summed E-state index contributed by atoms with van der Waals surface area (Å²) in [6.07, 6.45) is 5.46. The molecule has 1 aliphatic heterocycles. The molecule has 2 aromatic heterocycles. The number of piperidine rings is 1. The van der Waals surface area contributed by atoms with E-state index in [0.717, 1.165) is 60.3 Å². The number of carbonyl (C=O) groups excluding carboxylic acids is 2. The van der Waals surface area contributed by atoms with Crippen LogP contribution in [0.2, 0.25) is 0 Å². The zero-order valence-electron chi connectivity index (χ0n) is 24.1. The van der Waals surface area contributed by atoms with Gasteiger partial charge in [-0.2, -0.15) is 0 Å². The fraction of sp³-hybridized carbons (Fsp3) is 0.323. The SMILES string of the molecule is CN(c1ccnc(NC(=O)c2ccc(CN3CCC(O)CC3)cc2)c1)c1ccc2c(c1)c(OCF)cn2C.CNC=O. The first-order valence-corrected chi connectivity index (χ1v) is 13.7. The van der Waals surface area contributed by atoms with E-state index < -0.39 is 6.86 Å². The molecule has 0 atom stereocenters. The molecule has 3 N–H and O–H groups in total. The quantitative estimate of drug-likeness (QED) is 0.256. The number of rotatable bonds is 9. The summed E-state index contributed by atoms with van der Waals surface area (Å²) in [5, 5.41) is 15.6. The summed E-state index contributed by atoms with van der Waals surface area (Å²) < 4.78 is 19.9. The van der Waals surface area contributed by atoms with E-state index in [9.17, 15) is 14.3 Å². The van der Waals surface area contributed by atoms with E-state index in [2.05, 4.69) is 20.5 Å². The lowest BCUT2D eigenvalue weighted by Crippen LogP contribution is -2.35. The van der Waals surface area contributed by atoms with Crippen molar-refractivity contribution in [3.8, 4) is 5.75 Å². The highest BCUT2D eigenvalue weighted by Gasteiger charge is 2.17. The number of fused-ring (bicyclic) bond motifs is 1. The van der Waals surface area contributed by atoms with Crippen LogP contribution in [0.5, 0.6) is 5.75 Å². The number of alkyl halides is 1. The molecule has 2 amide bonds. The molecule has 222 valence electrons. The largest absolute Gasteiger partial charge is 0.461 e. The lowest BCUT2D eigenvalue weighted by molar-refractivity contribution is -0.109. The summed E-state index contributed by atoms with van der Waals surface area (Å²) >= 11 is 0. The lowest BCUT2D eigenvalue weighted by atomic mass is 10.1. The van der Waals surface area contributed by atoms with E-state index in [1.807, 2.05) is 78.2 Å². The monoisotopic (exact) mass is 576 g/mol. The second kappa shape index (κ2) is 14.4. The van der Waals surface area contributed by atoms with Crippen molar-refractivity contribution in [1.82, 2.24) is 19.8 Å². The molecular weight excluding hydrogens is 539 g/mol. The number of nitrogens with zero attached hydrogens (tertiary/aromatic N) is 4. The molecule has 2 aromatic carbocycles. The first-order chi connectivity index (χ1) is 20.3. The van der Waals surface area contributed by atoms with Crippen LogP contribution in [0.15, 0.2) is 67.0 Å². The first-order valence-electron chi connectivity index (χ1n) is 13.7. The highest BCUT2D eigenvalue weighted by molar-refractivity contribution is 6.04. The average molecular weight is 577 g/mol. The van der Waals surface area contributed by atoms with Gasteiger partial charge >= 0.3 is 0 Å². The topological polar surface area (TPSA) is 112 Å². The Labute approximate surface area is 244 Å². The van der Waals surface area contributed by atoms with Crippen LogP contribution in [0, 0.1) is 0 Å². The molecule has 0 unspecified atom stereocenters. The van der Waals surface area contributed by atoms with Gasteiger partial charge in [-0.1, -0.05) is 12.1 Å². The molecule has 11 heteroatoms. The summed E-state index contributed by atoms with van der Waals surface area (Å²) in [7, 11) is 5.37. The third-order valence-electron chi connectivity index (χ3n) is 7.20. The Morgan fingerprint density at radius 2 is 1.83 bits per heavy atom. The Balaban J connectivity index is 0.000000952. The molecule has 0 saturated carbocycles. The second-order valence-corrected chi connectivity index (χ2v) is 10.1. The third kappa shape index (κ3) is 7.62. The van der Waals surface area contributed by atoms with Gasteiger partial charge in [0.05, 0.1) is 11.6 Å². The minimum Gasteiger partial charge on any atom is -0.461 e. The van der Waals surface area contributed by atoms with Crippen LogP contribution in [0.3, 0.4) is 0 Å². The molecule has 0 aliphatic carbocycles. The normalized spacial score (nSPS) is 13.6. The highest BCUT2D eigenvalue weighted by Crippen LogP contribution is 2.33. The molecule has 42 heavy (non-hydrogen) atoms. The van der Waals surface area contributed by atoms with Gasteiger partial charge in [0.25, 0.3) is 5.91 Å². The molecule has 5 rings (SSSR count). The number of likely N-dealkylation sites (tertiary alicyclic amines) is 1. The van der Waals surface area contributed by atoms with Crippen LogP contribution in [-0.2, 0) is 18.4 Å². The Bertz CT molecular complexity index is 1480. The summed E-state index contributed by atoms with van der Waals surface area (Å²) in [4.78, 5) is 30.6. The van der Waals surface area contributed by atoms with Crippen molar-refractivity contribution < 1.29 is 23.8 Å². The Morgan fingerprint density at radius 3 is 2.50 bits per heavy atom. The molecule has 0 radical (unpaired) electrons. The number of ether oxygens (including phenoxy) is 1. The predicted molar refractivity (Wildman–Crippen MR) is 162 cm³/mol.